The monoisotopic (exact) mass is 466 g/mol. The highest BCUT2D eigenvalue weighted by Gasteiger charge is 2.63. The van der Waals surface area contributed by atoms with Crippen LogP contribution in [0.5, 0.6) is 0 Å². The van der Waals surface area contributed by atoms with Gasteiger partial charge in [0.1, 0.15) is 0 Å². The van der Waals surface area contributed by atoms with Crippen molar-refractivity contribution in [1.82, 2.24) is 0 Å². The average molecular weight is 470 g/mol. The van der Waals surface area contributed by atoms with Gasteiger partial charge < -0.3 is 5.11 Å². The molecule has 0 aromatic heterocycles. The molecule has 1 aliphatic rings. The lowest BCUT2D eigenvalue weighted by atomic mass is 9.70. The minimum absolute atomic E-state index is 0.277. The van der Waals surface area contributed by atoms with E-state index in [-0.39, 0.29) is 8.65 Å². The van der Waals surface area contributed by atoms with Gasteiger partial charge in [-0.25, -0.2) is 0 Å². The summed E-state index contributed by atoms with van der Waals surface area (Å²) in [7, 11) is 0. The third-order valence-corrected chi connectivity index (χ3v) is 10.6. The van der Waals surface area contributed by atoms with Crippen molar-refractivity contribution in [2.75, 3.05) is 0 Å². The van der Waals surface area contributed by atoms with Crippen LogP contribution in [0.2, 0.25) is 0 Å². The summed E-state index contributed by atoms with van der Waals surface area (Å²) in [6.45, 7) is 7.90. The number of rotatable bonds is 0. The predicted octanol–water partition coefficient (Wildman–Crippen LogP) is 4.49. The van der Waals surface area contributed by atoms with Gasteiger partial charge in [-0.3, -0.25) is 0 Å². The lowest BCUT2D eigenvalue weighted by Gasteiger charge is -2.56. The van der Waals surface area contributed by atoms with E-state index in [1.807, 2.05) is 13.0 Å². The molecule has 0 aromatic rings. The van der Waals surface area contributed by atoms with E-state index in [1.165, 1.54) is 0 Å². The predicted molar refractivity (Wildman–Crippen MR) is 79.6 cm³/mol. The molecule has 0 spiro atoms. The second-order valence-corrected chi connectivity index (χ2v) is 10.3. The maximum atomic E-state index is 10.4. The van der Waals surface area contributed by atoms with Gasteiger partial charge in [0.15, 0.2) is 0 Å². The van der Waals surface area contributed by atoms with Crippen LogP contribution >= 0.6 is 63.7 Å². The van der Waals surface area contributed by atoms with E-state index >= 15 is 0 Å². The number of aliphatic hydroxyl groups is 1. The van der Waals surface area contributed by atoms with Crippen molar-refractivity contribution >= 4 is 63.7 Å². The van der Waals surface area contributed by atoms with Crippen LogP contribution in [-0.2, 0) is 0 Å². The Balaban J connectivity index is 3.49. The van der Waals surface area contributed by atoms with Gasteiger partial charge >= 0.3 is 0 Å². The molecule has 0 fully saturated rings. The van der Waals surface area contributed by atoms with Crippen molar-refractivity contribution in [2.45, 2.75) is 46.3 Å². The average Bonchev–Trinajstić information content (AvgIpc) is 2.00. The van der Waals surface area contributed by atoms with E-state index in [2.05, 4.69) is 77.6 Å². The molecule has 4 unspecified atom stereocenters. The summed E-state index contributed by atoms with van der Waals surface area (Å²) in [6.07, 6.45) is 1.83. The van der Waals surface area contributed by atoms with Gasteiger partial charge in [-0.2, -0.15) is 0 Å². The van der Waals surface area contributed by atoms with Crippen molar-refractivity contribution in [3.05, 3.63) is 10.6 Å². The maximum Gasteiger partial charge on any atom is 0.0974 e. The Labute approximate surface area is 125 Å². The van der Waals surface area contributed by atoms with Gasteiger partial charge in [0, 0.05) is 4.48 Å². The molecular formula is C10H14Br4O. The molecule has 0 aliphatic heterocycles. The van der Waals surface area contributed by atoms with Crippen LogP contribution in [0, 0.1) is 0 Å². The molecule has 0 radical (unpaired) electrons. The fourth-order valence-corrected chi connectivity index (χ4v) is 4.67. The quantitative estimate of drug-likeness (QED) is 0.518. The fourth-order valence-electron chi connectivity index (χ4n) is 1.66. The summed E-state index contributed by atoms with van der Waals surface area (Å²) in [5.74, 6) is 0. The van der Waals surface area contributed by atoms with E-state index in [0.717, 1.165) is 4.48 Å². The van der Waals surface area contributed by atoms with E-state index < -0.39 is 9.93 Å². The molecule has 4 atom stereocenters. The molecule has 0 amide bonds. The third kappa shape index (κ3) is 1.85. The fraction of sp³-hybridized carbons (Fsp3) is 0.800. The molecule has 0 saturated heterocycles. The SMILES string of the molecule is CC1(O)C=C(Br)C(C)(Br)C(C)(Br)C1(C)Br. The first kappa shape index (κ1) is 14.7. The normalized spacial score (nSPS) is 56.5. The molecule has 0 bridgehead atoms. The topological polar surface area (TPSA) is 20.2 Å². The molecule has 1 N–H and O–H groups in total. The molecule has 88 valence electrons. The first-order valence-corrected chi connectivity index (χ1v) is 7.73. The van der Waals surface area contributed by atoms with Crippen molar-refractivity contribution in [3.8, 4) is 0 Å². The molecule has 15 heavy (non-hydrogen) atoms. The van der Waals surface area contributed by atoms with Crippen molar-refractivity contribution in [1.29, 1.82) is 0 Å². The van der Waals surface area contributed by atoms with Crippen molar-refractivity contribution < 1.29 is 5.11 Å². The summed E-state index contributed by atoms with van der Waals surface area (Å²) in [6, 6.07) is 0. The summed E-state index contributed by atoms with van der Waals surface area (Å²) in [5.41, 5.74) is -0.933. The highest BCUT2D eigenvalue weighted by Crippen LogP contribution is 2.61. The molecule has 0 aromatic carbocycles. The number of hydrogen-bond acceptors (Lipinski definition) is 1. The van der Waals surface area contributed by atoms with Crippen LogP contribution in [0.15, 0.2) is 10.6 Å². The van der Waals surface area contributed by atoms with Crippen LogP contribution in [0.3, 0.4) is 0 Å². The van der Waals surface area contributed by atoms with Crippen LogP contribution in [-0.4, -0.2) is 23.7 Å². The zero-order chi connectivity index (χ0) is 12.3. The van der Waals surface area contributed by atoms with Crippen LogP contribution in [0.1, 0.15) is 27.7 Å². The van der Waals surface area contributed by atoms with Gasteiger partial charge in [0.05, 0.1) is 18.6 Å². The Morgan fingerprint density at radius 3 is 1.80 bits per heavy atom. The molecule has 1 rings (SSSR count). The molecule has 5 heteroatoms. The standard InChI is InChI=1S/C10H14Br4O/c1-7(15)5-6(11)8(2,12)10(4,14)9(7,3)13/h5,15H,1-4H3. The number of hydrogen-bond donors (Lipinski definition) is 1. The Morgan fingerprint density at radius 2 is 1.40 bits per heavy atom. The van der Waals surface area contributed by atoms with Crippen LogP contribution in [0.25, 0.3) is 0 Å². The summed E-state index contributed by atoms with van der Waals surface area (Å²) in [5, 5.41) is 10.4. The lowest BCUT2D eigenvalue weighted by molar-refractivity contribution is 0.0513. The Kier molecular flexibility index (Phi) is 3.72. The van der Waals surface area contributed by atoms with E-state index in [4.69, 9.17) is 0 Å². The molecular weight excluding hydrogens is 456 g/mol. The zero-order valence-electron chi connectivity index (χ0n) is 9.04. The second kappa shape index (κ2) is 3.81. The van der Waals surface area contributed by atoms with Gasteiger partial charge in [-0.15, -0.1) is 0 Å². The van der Waals surface area contributed by atoms with E-state index in [0.29, 0.717) is 0 Å². The largest absolute Gasteiger partial charge is 0.385 e. The minimum atomic E-state index is -0.933. The second-order valence-electron chi connectivity index (χ2n) is 4.65. The maximum absolute atomic E-state index is 10.4. The Hall–Kier alpha value is 1.62. The van der Waals surface area contributed by atoms with Gasteiger partial charge in [0.2, 0.25) is 0 Å². The molecule has 1 aliphatic carbocycles. The summed E-state index contributed by atoms with van der Waals surface area (Å²) in [4.78, 5) is 0. The highest BCUT2D eigenvalue weighted by molar-refractivity contribution is 9.15. The van der Waals surface area contributed by atoms with Crippen molar-refractivity contribution in [3.63, 3.8) is 0 Å². The lowest BCUT2D eigenvalue weighted by Crippen LogP contribution is -2.66. The number of allylic oxidation sites excluding steroid dienone is 1. The first-order chi connectivity index (χ1) is 6.38. The number of alkyl halides is 3. The highest BCUT2D eigenvalue weighted by atomic mass is 79.9. The van der Waals surface area contributed by atoms with E-state index in [9.17, 15) is 5.11 Å². The summed E-state index contributed by atoms with van der Waals surface area (Å²) >= 11 is 14.6. The first-order valence-electron chi connectivity index (χ1n) is 4.56. The molecule has 1 nitrogen and oxygen atoms in total. The van der Waals surface area contributed by atoms with Crippen LogP contribution in [0.4, 0.5) is 0 Å². The van der Waals surface area contributed by atoms with Crippen molar-refractivity contribution in [2.24, 2.45) is 0 Å². The molecule has 0 saturated carbocycles. The number of halogens is 4. The van der Waals surface area contributed by atoms with Gasteiger partial charge in [0.25, 0.3) is 0 Å². The smallest absolute Gasteiger partial charge is 0.0974 e. The van der Waals surface area contributed by atoms with Gasteiger partial charge in [-0.05, 0) is 33.8 Å². The van der Waals surface area contributed by atoms with E-state index in [1.54, 1.807) is 6.92 Å². The third-order valence-electron chi connectivity index (χ3n) is 3.57. The Morgan fingerprint density at radius 1 is 1.00 bits per heavy atom. The zero-order valence-corrected chi connectivity index (χ0v) is 15.4. The summed E-state index contributed by atoms with van der Waals surface area (Å²) < 4.78 is -0.163. The Bertz CT molecular complexity index is 315. The molecule has 0 heterocycles. The van der Waals surface area contributed by atoms with Gasteiger partial charge in [-0.1, -0.05) is 63.7 Å². The van der Waals surface area contributed by atoms with Crippen LogP contribution < -0.4 is 0 Å². The minimum Gasteiger partial charge on any atom is -0.385 e.